The summed E-state index contributed by atoms with van der Waals surface area (Å²) in [6, 6.07) is 0. The fraction of sp³-hybridized carbons (Fsp3) is 0.700. The van der Waals surface area contributed by atoms with Crippen molar-refractivity contribution in [3.63, 3.8) is 0 Å². The highest BCUT2D eigenvalue weighted by Crippen LogP contribution is 2.37. The number of H-pyrrole nitrogens is 1. The van der Waals surface area contributed by atoms with Gasteiger partial charge in [-0.2, -0.15) is 5.10 Å². The third-order valence-electron chi connectivity index (χ3n) is 3.10. The molecule has 1 aromatic rings. The number of carbonyl (C=O) groups excluding carboxylic acids is 1. The van der Waals surface area contributed by atoms with E-state index in [0.29, 0.717) is 10.7 Å². The smallest absolute Gasteiger partial charge is 0.325 e. The highest BCUT2D eigenvalue weighted by molar-refractivity contribution is 7.71. The zero-order valence-electron chi connectivity index (χ0n) is 9.80. The van der Waals surface area contributed by atoms with Crippen LogP contribution in [0.3, 0.4) is 0 Å². The molecule has 0 spiro atoms. The predicted molar refractivity (Wildman–Crippen MR) is 62.2 cm³/mol. The maximum atomic E-state index is 11.3. The van der Waals surface area contributed by atoms with Gasteiger partial charge in [0.15, 0.2) is 4.77 Å². The second kappa shape index (κ2) is 4.97. The van der Waals surface area contributed by atoms with Crippen molar-refractivity contribution < 1.29 is 14.3 Å². The first-order valence-electron chi connectivity index (χ1n) is 5.40. The lowest BCUT2D eigenvalue weighted by atomic mass is 9.81. The van der Waals surface area contributed by atoms with E-state index in [0.717, 1.165) is 18.7 Å². The van der Waals surface area contributed by atoms with E-state index in [1.807, 2.05) is 0 Å². The zero-order chi connectivity index (χ0) is 12.4. The summed E-state index contributed by atoms with van der Waals surface area (Å²) in [7, 11) is 3.06. The Bertz CT molecular complexity index is 462. The summed E-state index contributed by atoms with van der Waals surface area (Å²) in [5, 5.41) is 6.89. The largest absolute Gasteiger partial charge is 0.468 e. The van der Waals surface area contributed by atoms with E-state index in [4.69, 9.17) is 17.0 Å². The van der Waals surface area contributed by atoms with Crippen LogP contribution in [0.25, 0.3) is 0 Å². The molecule has 0 amide bonds. The zero-order valence-corrected chi connectivity index (χ0v) is 10.6. The Labute approximate surface area is 104 Å². The molecule has 0 bridgehead atoms. The third-order valence-corrected chi connectivity index (χ3v) is 3.41. The number of nitrogens with one attached hydrogen (secondary N) is 1. The molecule has 1 heterocycles. The number of hydrogen-bond acceptors (Lipinski definition) is 5. The van der Waals surface area contributed by atoms with E-state index in [1.54, 1.807) is 11.7 Å². The first kappa shape index (κ1) is 12.3. The summed E-state index contributed by atoms with van der Waals surface area (Å²) in [6.45, 7) is 0.106. The second-order valence-corrected chi connectivity index (χ2v) is 4.46. The number of aromatic nitrogens is 3. The van der Waals surface area contributed by atoms with Crippen LogP contribution >= 0.6 is 12.2 Å². The molecule has 6 nitrogen and oxygen atoms in total. The van der Waals surface area contributed by atoms with Gasteiger partial charge in [0.1, 0.15) is 12.4 Å². The fourth-order valence-corrected chi connectivity index (χ4v) is 2.16. The van der Waals surface area contributed by atoms with Gasteiger partial charge in [-0.15, -0.1) is 0 Å². The summed E-state index contributed by atoms with van der Waals surface area (Å²) in [5.41, 5.74) is 0. The van der Waals surface area contributed by atoms with Crippen molar-refractivity contribution in [1.29, 1.82) is 0 Å². The lowest BCUT2D eigenvalue weighted by Crippen LogP contribution is -2.31. The van der Waals surface area contributed by atoms with Crippen LogP contribution in [0.5, 0.6) is 0 Å². The molecule has 0 saturated heterocycles. The molecule has 1 saturated carbocycles. The van der Waals surface area contributed by atoms with Crippen LogP contribution in [0.2, 0.25) is 0 Å². The summed E-state index contributed by atoms with van der Waals surface area (Å²) in [5.74, 6) is 0.789. The van der Waals surface area contributed by atoms with Gasteiger partial charge in [0.25, 0.3) is 0 Å². The number of methoxy groups -OCH3 is 2. The molecular weight excluding hydrogens is 242 g/mol. The van der Waals surface area contributed by atoms with Gasteiger partial charge in [-0.3, -0.25) is 14.5 Å². The summed E-state index contributed by atoms with van der Waals surface area (Å²) in [4.78, 5) is 11.3. The molecule has 1 aliphatic rings. The van der Waals surface area contributed by atoms with Crippen LogP contribution in [-0.2, 0) is 20.8 Å². The first-order chi connectivity index (χ1) is 8.15. The van der Waals surface area contributed by atoms with Gasteiger partial charge in [0.05, 0.1) is 13.2 Å². The molecule has 7 heteroatoms. The van der Waals surface area contributed by atoms with Crippen molar-refractivity contribution >= 4 is 18.2 Å². The molecule has 0 atom stereocenters. The molecule has 94 valence electrons. The maximum absolute atomic E-state index is 11.3. The molecule has 0 aromatic carbocycles. The average molecular weight is 257 g/mol. The van der Waals surface area contributed by atoms with Gasteiger partial charge >= 0.3 is 5.97 Å². The molecular formula is C10H15N3O3S. The minimum absolute atomic E-state index is 0.106. The van der Waals surface area contributed by atoms with E-state index in [-0.39, 0.29) is 18.6 Å². The fourth-order valence-electron chi connectivity index (χ4n) is 1.96. The number of nitrogens with zero attached hydrogens (tertiary/aromatic N) is 2. The maximum Gasteiger partial charge on any atom is 0.325 e. The second-order valence-electron chi connectivity index (χ2n) is 4.08. The number of ether oxygens (including phenoxy) is 2. The summed E-state index contributed by atoms with van der Waals surface area (Å²) in [6.07, 6.45) is 2.12. The molecule has 0 unspecified atom stereocenters. The molecule has 0 radical (unpaired) electrons. The normalized spacial score (nSPS) is 23.2. The van der Waals surface area contributed by atoms with Crippen molar-refractivity contribution in [2.45, 2.75) is 31.4 Å². The van der Waals surface area contributed by atoms with E-state index < -0.39 is 0 Å². The standard InChI is InChI=1S/C10H15N3O3S/c1-15-7-3-6(4-7)9-11-12-10(17)13(9)5-8(14)16-2/h6-7H,3-5H2,1-2H3,(H,12,17). The highest BCUT2D eigenvalue weighted by Gasteiger charge is 2.34. The lowest BCUT2D eigenvalue weighted by Gasteiger charge is -2.33. The van der Waals surface area contributed by atoms with Crippen LogP contribution in [0.4, 0.5) is 0 Å². The Balaban J connectivity index is 2.13. The Morgan fingerprint density at radius 2 is 2.29 bits per heavy atom. The lowest BCUT2D eigenvalue weighted by molar-refractivity contribution is -0.141. The van der Waals surface area contributed by atoms with Gasteiger partial charge in [0, 0.05) is 13.0 Å². The average Bonchev–Trinajstić information content (AvgIpc) is 2.60. The van der Waals surface area contributed by atoms with Gasteiger partial charge in [-0.05, 0) is 25.1 Å². The monoisotopic (exact) mass is 257 g/mol. The topological polar surface area (TPSA) is 69.1 Å². The number of carbonyl (C=O) groups is 1. The molecule has 17 heavy (non-hydrogen) atoms. The van der Waals surface area contributed by atoms with Crippen LogP contribution in [0.15, 0.2) is 0 Å². The minimum Gasteiger partial charge on any atom is -0.468 e. The Hall–Kier alpha value is -1.21. The van der Waals surface area contributed by atoms with Crippen LogP contribution in [0, 0.1) is 4.77 Å². The number of rotatable bonds is 4. The van der Waals surface area contributed by atoms with Crippen molar-refractivity contribution in [3.8, 4) is 0 Å². The first-order valence-corrected chi connectivity index (χ1v) is 5.81. The van der Waals surface area contributed by atoms with Crippen LogP contribution in [0.1, 0.15) is 24.6 Å². The Kier molecular flexibility index (Phi) is 3.58. The molecule has 1 aliphatic carbocycles. The number of aromatic amines is 1. The van der Waals surface area contributed by atoms with Crippen LogP contribution in [-0.4, -0.2) is 41.1 Å². The van der Waals surface area contributed by atoms with Gasteiger partial charge < -0.3 is 9.47 Å². The van der Waals surface area contributed by atoms with Crippen molar-refractivity contribution in [2.24, 2.45) is 0 Å². The minimum atomic E-state index is -0.327. The van der Waals surface area contributed by atoms with Gasteiger partial charge in [-0.1, -0.05) is 0 Å². The summed E-state index contributed by atoms with van der Waals surface area (Å²) >= 11 is 5.09. The van der Waals surface area contributed by atoms with Crippen molar-refractivity contribution in [1.82, 2.24) is 14.8 Å². The molecule has 2 rings (SSSR count). The van der Waals surface area contributed by atoms with Gasteiger partial charge in [-0.25, -0.2) is 0 Å². The molecule has 1 aromatic heterocycles. The summed E-state index contributed by atoms with van der Waals surface area (Å²) < 4.78 is 12.0. The Morgan fingerprint density at radius 1 is 1.59 bits per heavy atom. The van der Waals surface area contributed by atoms with Crippen LogP contribution < -0.4 is 0 Å². The number of esters is 1. The number of hydrogen-bond donors (Lipinski definition) is 1. The Morgan fingerprint density at radius 3 is 2.88 bits per heavy atom. The van der Waals surface area contributed by atoms with Gasteiger partial charge in [0.2, 0.25) is 0 Å². The molecule has 1 fully saturated rings. The molecule has 0 aliphatic heterocycles. The van der Waals surface area contributed by atoms with E-state index in [1.165, 1.54) is 7.11 Å². The highest BCUT2D eigenvalue weighted by atomic mass is 32.1. The quantitative estimate of drug-likeness (QED) is 0.644. The van der Waals surface area contributed by atoms with E-state index in [9.17, 15) is 4.79 Å². The SMILES string of the molecule is COC(=O)Cn1c(C2CC(OC)C2)n[nH]c1=S. The molecule has 1 N–H and O–H groups in total. The van der Waals surface area contributed by atoms with E-state index >= 15 is 0 Å². The van der Waals surface area contributed by atoms with Crippen molar-refractivity contribution in [2.75, 3.05) is 14.2 Å². The predicted octanol–water partition coefficient (Wildman–Crippen LogP) is 1.01. The van der Waals surface area contributed by atoms with E-state index in [2.05, 4.69) is 14.9 Å². The third kappa shape index (κ3) is 2.39. The van der Waals surface area contributed by atoms with Crippen molar-refractivity contribution in [3.05, 3.63) is 10.6 Å².